The van der Waals surface area contributed by atoms with Crippen molar-refractivity contribution in [1.82, 2.24) is 25.4 Å². The third kappa shape index (κ3) is 4.62. The summed E-state index contributed by atoms with van der Waals surface area (Å²) in [5.41, 5.74) is 4.50. The molecule has 0 spiro atoms. The highest BCUT2D eigenvalue weighted by Crippen LogP contribution is 2.28. The molecule has 1 aromatic heterocycles. The van der Waals surface area contributed by atoms with Crippen molar-refractivity contribution in [2.24, 2.45) is 0 Å². The van der Waals surface area contributed by atoms with Gasteiger partial charge in [-0.15, -0.1) is 5.10 Å². The molecule has 3 aromatic rings. The maximum Gasteiger partial charge on any atom is 0.321 e. The largest absolute Gasteiger partial charge is 0.480 e. The number of hydroxylamine groups is 1. The highest BCUT2D eigenvalue weighted by atomic mass is 16.5. The number of aliphatic carboxylic acids is 1. The van der Waals surface area contributed by atoms with E-state index < -0.39 is 17.9 Å². The average molecular weight is 421 g/mol. The summed E-state index contributed by atoms with van der Waals surface area (Å²) in [6.45, 7) is 1.25. The first-order valence-corrected chi connectivity index (χ1v) is 10.0. The van der Waals surface area contributed by atoms with Crippen LogP contribution in [0.5, 0.6) is 0 Å². The SMILES string of the molecule is O=C(NO)c1ccc(-c2cn([C@H]3C[C@@H](C(=O)O)N(CCc4ccccc4)C3)nn2)cc1. The maximum atomic E-state index is 11.8. The number of carbonyl (C=O) groups is 2. The van der Waals surface area contributed by atoms with Crippen LogP contribution in [0.15, 0.2) is 60.8 Å². The molecule has 0 saturated carbocycles. The summed E-state index contributed by atoms with van der Waals surface area (Å²) in [4.78, 5) is 25.2. The average Bonchev–Trinajstić information content (AvgIpc) is 3.45. The number of nitrogens with zero attached hydrogens (tertiary/aromatic N) is 4. The minimum absolute atomic E-state index is 0.0856. The number of aromatic nitrogens is 3. The molecule has 4 rings (SSSR count). The van der Waals surface area contributed by atoms with Crippen molar-refractivity contribution in [1.29, 1.82) is 0 Å². The fourth-order valence-corrected chi connectivity index (χ4v) is 3.94. The lowest BCUT2D eigenvalue weighted by molar-refractivity contribution is -0.142. The quantitative estimate of drug-likeness (QED) is 0.394. The molecule has 1 aliphatic rings. The lowest BCUT2D eigenvalue weighted by Crippen LogP contribution is -2.37. The van der Waals surface area contributed by atoms with E-state index in [2.05, 4.69) is 10.3 Å². The Bertz CT molecular complexity index is 1050. The van der Waals surface area contributed by atoms with Gasteiger partial charge in [0.25, 0.3) is 5.91 Å². The molecule has 9 heteroatoms. The van der Waals surface area contributed by atoms with E-state index in [9.17, 15) is 14.7 Å². The van der Waals surface area contributed by atoms with Gasteiger partial charge in [0.1, 0.15) is 11.7 Å². The van der Waals surface area contributed by atoms with Crippen molar-refractivity contribution >= 4 is 11.9 Å². The lowest BCUT2D eigenvalue weighted by Gasteiger charge is -2.20. The number of amides is 1. The van der Waals surface area contributed by atoms with Crippen LogP contribution < -0.4 is 5.48 Å². The highest BCUT2D eigenvalue weighted by Gasteiger charge is 2.37. The molecule has 31 heavy (non-hydrogen) atoms. The molecule has 2 heterocycles. The van der Waals surface area contributed by atoms with E-state index in [-0.39, 0.29) is 6.04 Å². The predicted octanol–water partition coefficient (Wildman–Crippen LogP) is 2.01. The first-order valence-electron chi connectivity index (χ1n) is 10.0. The number of nitrogens with one attached hydrogen (secondary N) is 1. The summed E-state index contributed by atoms with van der Waals surface area (Å²) in [6.07, 6.45) is 3.04. The van der Waals surface area contributed by atoms with Gasteiger partial charge in [-0.25, -0.2) is 10.2 Å². The third-order valence-electron chi connectivity index (χ3n) is 5.63. The summed E-state index contributed by atoms with van der Waals surface area (Å²) < 4.78 is 1.72. The first kappa shape index (κ1) is 20.7. The second-order valence-electron chi connectivity index (χ2n) is 7.58. The van der Waals surface area contributed by atoms with Crippen molar-refractivity contribution < 1.29 is 19.9 Å². The Labute approximate surface area is 178 Å². The van der Waals surface area contributed by atoms with Gasteiger partial charge in [-0.1, -0.05) is 47.7 Å². The van der Waals surface area contributed by atoms with Gasteiger partial charge in [0, 0.05) is 24.2 Å². The number of benzene rings is 2. The number of carboxylic acids is 1. The van der Waals surface area contributed by atoms with E-state index in [1.165, 1.54) is 5.56 Å². The van der Waals surface area contributed by atoms with Crippen molar-refractivity contribution in [3.63, 3.8) is 0 Å². The smallest absolute Gasteiger partial charge is 0.321 e. The van der Waals surface area contributed by atoms with Crippen LogP contribution in [0, 0.1) is 0 Å². The van der Waals surface area contributed by atoms with Gasteiger partial charge in [-0.2, -0.15) is 0 Å². The van der Waals surface area contributed by atoms with Crippen LogP contribution in [0.1, 0.15) is 28.4 Å². The van der Waals surface area contributed by atoms with Gasteiger partial charge in [0.2, 0.25) is 0 Å². The summed E-state index contributed by atoms with van der Waals surface area (Å²) in [5.74, 6) is -1.41. The van der Waals surface area contributed by atoms with Crippen molar-refractivity contribution in [3.8, 4) is 11.3 Å². The Morgan fingerprint density at radius 1 is 1.10 bits per heavy atom. The number of carboxylic acid groups (broad SMARTS) is 1. The molecule has 160 valence electrons. The van der Waals surface area contributed by atoms with E-state index in [1.54, 1.807) is 40.6 Å². The predicted molar refractivity (Wildman–Crippen MR) is 112 cm³/mol. The Kier molecular flexibility index (Phi) is 6.06. The zero-order valence-electron chi connectivity index (χ0n) is 16.8. The van der Waals surface area contributed by atoms with Gasteiger partial charge in [-0.05, 0) is 30.5 Å². The molecule has 1 saturated heterocycles. The van der Waals surface area contributed by atoms with Crippen LogP contribution in [0.25, 0.3) is 11.3 Å². The van der Waals surface area contributed by atoms with Gasteiger partial charge < -0.3 is 5.11 Å². The normalized spacial score (nSPS) is 18.7. The molecule has 3 N–H and O–H groups in total. The molecule has 1 amide bonds. The number of carbonyl (C=O) groups excluding carboxylic acids is 1. The van der Waals surface area contributed by atoms with E-state index in [1.807, 2.05) is 35.2 Å². The molecule has 2 atom stereocenters. The molecule has 0 radical (unpaired) electrons. The van der Waals surface area contributed by atoms with Gasteiger partial charge in [0.05, 0.1) is 12.2 Å². The van der Waals surface area contributed by atoms with Crippen molar-refractivity contribution in [2.75, 3.05) is 13.1 Å². The molecule has 1 aliphatic heterocycles. The summed E-state index contributed by atoms with van der Waals surface area (Å²) in [5, 5.41) is 26.8. The van der Waals surface area contributed by atoms with E-state index >= 15 is 0 Å². The Morgan fingerprint density at radius 3 is 2.52 bits per heavy atom. The Hall–Kier alpha value is -3.56. The van der Waals surface area contributed by atoms with Crippen molar-refractivity contribution in [3.05, 3.63) is 71.9 Å². The molecular weight excluding hydrogens is 398 g/mol. The minimum Gasteiger partial charge on any atom is -0.480 e. The fraction of sp³-hybridized carbons (Fsp3) is 0.273. The number of rotatable bonds is 7. The summed E-state index contributed by atoms with van der Waals surface area (Å²) >= 11 is 0. The second-order valence-corrected chi connectivity index (χ2v) is 7.58. The number of hydrogen-bond acceptors (Lipinski definition) is 6. The molecular formula is C22H23N5O4. The van der Waals surface area contributed by atoms with E-state index in [0.29, 0.717) is 30.8 Å². The fourth-order valence-electron chi connectivity index (χ4n) is 3.94. The molecule has 0 aliphatic carbocycles. The summed E-state index contributed by atoms with van der Waals surface area (Å²) in [6, 6.07) is 16.0. The molecule has 2 aromatic carbocycles. The molecule has 0 unspecified atom stereocenters. The van der Waals surface area contributed by atoms with Gasteiger partial charge >= 0.3 is 5.97 Å². The zero-order valence-corrected chi connectivity index (χ0v) is 16.8. The monoisotopic (exact) mass is 421 g/mol. The van der Waals surface area contributed by atoms with E-state index in [4.69, 9.17) is 5.21 Å². The second kappa shape index (κ2) is 9.07. The van der Waals surface area contributed by atoms with E-state index in [0.717, 1.165) is 12.0 Å². The van der Waals surface area contributed by atoms with Crippen LogP contribution in [-0.4, -0.2) is 61.2 Å². The van der Waals surface area contributed by atoms with Crippen molar-refractivity contribution in [2.45, 2.75) is 24.9 Å². The van der Waals surface area contributed by atoms with Crippen LogP contribution in [0.4, 0.5) is 0 Å². The molecule has 9 nitrogen and oxygen atoms in total. The highest BCUT2D eigenvalue weighted by molar-refractivity contribution is 5.93. The van der Waals surface area contributed by atoms with Crippen LogP contribution in [0.2, 0.25) is 0 Å². The Balaban J connectivity index is 1.45. The lowest BCUT2D eigenvalue weighted by atomic mass is 10.1. The van der Waals surface area contributed by atoms with Crippen LogP contribution >= 0.6 is 0 Å². The maximum absolute atomic E-state index is 11.8. The zero-order chi connectivity index (χ0) is 21.8. The van der Waals surface area contributed by atoms with Crippen LogP contribution in [0.3, 0.4) is 0 Å². The first-order chi connectivity index (χ1) is 15.0. The van der Waals surface area contributed by atoms with Crippen LogP contribution in [-0.2, 0) is 11.2 Å². The number of hydrogen-bond donors (Lipinski definition) is 3. The van der Waals surface area contributed by atoms with Gasteiger partial charge in [0.15, 0.2) is 0 Å². The summed E-state index contributed by atoms with van der Waals surface area (Å²) in [7, 11) is 0. The Morgan fingerprint density at radius 2 is 1.84 bits per heavy atom. The standard InChI is InChI=1S/C22H23N5O4/c28-21(24-31)17-8-6-16(7-9-17)19-14-27(25-23-19)18-12-20(22(29)30)26(13-18)11-10-15-4-2-1-3-5-15/h1-9,14,18,20,31H,10-13H2,(H,24,28)(H,29,30)/t18-,20-/m0/s1. The number of likely N-dealkylation sites (tertiary alicyclic amines) is 1. The molecule has 0 bridgehead atoms. The molecule has 1 fully saturated rings. The minimum atomic E-state index is -0.825. The topological polar surface area (TPSA) is 121 Å². The van der Waals surface area contributed by atoms with Gasteiger partial charge in [-0.3, -0.25) is 19.7 Å². The third-order valence-corrected chi connectivity index (χ3v) is 5.63.